The van der Waals surface area contributed by atoms with Gasteiger partial charge in [0.05, 0.1) is 6.54 Å². The Hall–Kier alpha value is -0.510. The molecule has 1 rings (SSSR count). The first-order valence-electron chi connectivity index (χ1n) is 4.81. The zero-order valence-electron chi connectivity index (χ0n) is 8.59. The third-order valence-corrected chi connectivity index (χ3v) is 2.43. The molecule has 0 radical (unpaired) electrons. The van der Waals surface area contributed by atoms with Gasteiger partial charge in [-0.25, -0.2) is 0 Å². The minimum Gasteiger partial charge on any atom is -0.448 e. The molecule has 0 saturated heterocycles. The molecule has 1 atom stereocenters. The number of nitrogens with one attached hydrogen (secondary N) is 1. The minimum atomic E-state index is 0.318. The van der Waals surface area contributed by atoms with Crippen molar-refractivity contribution in [2.45, 2.75) is 26.4 Å². The highest BCUT2D eigenvalue weighted by molar-refractivity contribution is 6.28. The predicted octanol–water partition coefficient (Wildman–Crippen LogP) is 2.01. The van der Waals surface area contributed by atoms with Crippen molar-refractivity contribution < 1.29 is 4.42 Å². The lowest BCUT2D eigenvalue weighted by Crippen LogP contribution is -2.39. The molecular weight excluding hydrogens is 200 g/mol. The number of hydrogen-bond acceptors (Lipinski definition) is 3. The van der Waals surface area contributed by atoms with Crippen LogP contribution in [0.2, 0.25) is 5.22 Å². The smallest absolute Gasteiger partial charge is 0.193 e. The monoisotopic (exact) mass is 216 g/mol. The van der Waals surface area contributed by atoms with Crippen LogP contribution in [0, 0.1) is 5.92 Å². The molecule has 1 aromatic heterocycles. The number of nitrogens with two attached hydrogens (primary N) is 1. The zero-order chi connectivity index (χ0) is 10.6. The molecule has 1 unspecified atom stereocenters. The van der Waals surface area contributed by atoms with Crippen LogP contribution in [0.4, 0.5) is 0 Å². The van der Waals surface area contributed by atoms with Crippen molar-refractivity contribution in [1.29, 1.82) is 0 Å². The fourth-order valence-corrected chi connectivity index (χ4v) is 1.43. The average Bonchev–Trinajstić information content (AvgIpc) is 2.52. The second kappa shape index (κ2) is 5.39. The molecule has 0 spiro atoms. The Kier molecular flexibility index (Phi) is 4.45. The standard InChI is InChI=1S/C10H17ClN2O/c1-7(2)9(5-12)13-6-8-3-4-10(11)14-8/h3-4,7,9,13H,5-6,12H2,1-2H3. The Morgan fingerprint density at radius 2 is 2.21 bits per heavy atom. The maximum absolute atomic E-state index is 5.65. The van der Waals surface area contributed by atoms with E-state index in [1.54, 1.807) is 6.07 Å². The van der Waals surface area contributed by atoms with Gasteiger partial charge < -0.3 is 15.5 Å². The van der Waals surface area contributed by atoms with Gasteiger partial charge in [-0.3, -0.25) is 0 Å². The molecule has 0 aromatic carbocycles. The molecular formula is C10H17ClN2O. The van der Waals surface area contributed by atoms with Crippen molar-refractivity contribution in [3.05, 3.63) is 23.1 Å². The Morgan fingerprint density at radius 1 is 1.50 bits per heavy atom. The zero-order valence-corrected chi connectivity index (χ0v) is 9.34. The van der Waals surface area contributed by atoms with E-state index >= 15 is 0 Å². The van der Waals surface area contributed by atoms with E-state index in [0.29, 0.717) is 30.3 Å². The molecule has 0 aliphatic carbocycles. The molecule has 0 bridgehead atoms. The van der Waals surface area contributed by atoms with Crippen LogP contribution in [-0.2, 0) is 6.54 Å². The van der Waals surface area contributed by atoms with Gasteiger partial charge in [-0.15, -0.1) is 0 Å². The van der Waals surface area contributed by atoms with Crippen LogP contribution < -0.4 is 11.1 Å². The predicted molar refractivity (Wildman–Crippen MR) is 58.2 cm³/mol. The minimum absolute atomic E-state index is 0.318. The largest absolute Gasteiger partial charge is 0.448 e. The Bertz CT molecular complexity index is 273. The van der Waals surface area contributed by atoms with Gasteiger partial charge >= 0.3 is 0 Å². The van der Waals surface area contributed by atoms with Crippen LogP contribution >= 0.6 is 11.6 Å². The third-order valence-electron chi connectivity index (χ3n) is 2.23. The second-order valence-corrected chi connectivity index (χ2v) is 4.05. The molecule has 1 aromatic rings. The van der Waals surface area contributed by atoms with E-state index in [9.17, 15) is 0 Å². The van der Waals surface area contributed by atoms with Gasteiger partial charge in [0, 0.05) is 12.6 Å². The lowest BCUT2D eigenvalue weighted by atomic mass is 10.1. The summed E-state index contributed by atoms with van der Waals surface area (Å²) < 4.78 is 5.22. The first-order valence-corrected chi connectivity index (χ1v) is 5.19. The van der Waals surface area contributed by atoms with Crippen LogP contribution in [0.25, 0.3) is 0 Å². The van der Waals surface area contributed by atoms with Gasteiger partial charge in [-0.1, -0.05) is 13.8 Å². The van der Waals surface area contributed by atoms with Gasteiger partial charge in [-0.2, -0.15) is 0 Å². The lowest BCUT2D eigenvalue weighted by Gasteiger charge is -2.19. The summed E-state index contributed by atoms with van der Waals surface area (Å²) in [4.78, 5) is 0. The molecule has 0 fully saturated rings. The van der Waals surface area contributed by atoms with Crippen LogP contribution in [0.1, 0.15) is 19.6 Å². The Morgan fingerprint density at radius 3 is 2.64 bits per heavy atom. The van der Waals surface area contributed by atoms with Crippen LogP contribution in [0.3, 0.4) is 0 Å². The van der Waals surface area contributed by atoms with Crippen LogP contribution in [0.15, 0.2) is 16.5 Å². The van der Waals surface area contributed by atoms with Crippen molar-refractivity contribution in [3.63, 3.8) is 0 Å². The quantitative estimate of drug-likeness (QED) is 0.792. The molecule has 4 heteroatoms. The molecule has 3 nitrogen and oxygen atoms in total. The third kappa shape index (κ3) is 3.33. The number of hydrogen-bond donors (Lipinski definition) is 2. The normalized spacial score (nSPS) is 13.5. The van der Waals surface area contributed by atoms with Crippen LogP contribution in [0.5, 0.6) is 0 Å². The van der Waals surface area contributed by atoms with Crippen molar-refractivity contribution in [3.8, 4) is 0 Å². The molecule has 14 heavy (non-hydrogen) atoms. The first kappa shape index (κ1) is 11.6. The highest BCUT2D eigenvalue weighted by atomic mass is 35.5. The van der Waals surface area contributed by atoms with Gasteiger partial charge in [0.2, 0.25) is 0 Å². The number of furan rings is 1. The molecule has 80 valence electrons. The Balaban J connectivity index is 2.39. The van der Waals surface area contributed by atoms with E-state index in [-0.39, 0.29) is 0 Å². The fraction of sp³-hybridized carbons (Fsp3) is 0.600. The summed E-state index contributed by atoms with van der Waals surface area (Å²) >= 11 is 5.65. The Labute approximate surface area is 89.6 Å². The maximum Gasteiger partial charge on any atom is 0.193 e. The molecule has 0 aliphatic heterocycles. The lowest BCUT2D eigenvalue weighted by molar-refractivity contribution is 0.381. The summed E-state index contributed by atoms with van der Waals surface area (Å²) in [5.74, 6) is 1.36. The van der Waals surface area contributed by atoms with E-state index in [1.165, 1.54) is 0 Å². The summed E-state index contributed by atoms with van der Waals surface area (Å²) in [5.41, 5.74) is 5.62. The highest BCUT2D eigenvalue weighted by Crippen LogP contribution is 2.13. The molecule has 0 amide bonds. The van der Waals surface area contributed by atoms with Gasteiger partial charge in [0.1, 0.15) is 5.76 Å². The fourth-order valence-electron chi connectivity index (χ4n) is 1.27. The second-order valence-electron chi connectivity index (χ2n) is 3.67. The number of halogens is 1. The van der Waals surface area contributed by atoms with Crippen molar-refractivity contribution in [2.75, 3.05) is 6.54 Å². The molecule has 1 heterocycles. The SMILES string of the molecule is CC(C)C(CN)NCc1ccc(Cl)o1. The summed E-state index contributed by atoms with van der Waals surface area (Å²) in [7, 11) is 0. The van der Waals surface area contributed by atoms with Gasteiger partial charge in [-0.05, 0) is 29.7 Å². The van der Waals surface area contributed by atoms with E-state index in [0.717, 1.165) is 5.76 Å². The summed E-state index contributed by atoms with van der Waals surface area (Å²) in [6, 6.07) is 3.92. The van der Waals surface area contributed by atoms with Crippen LogP contribution in [-0.4, -0.2) is 12.6 Å². The van der Waals surface area contributed by atoms with Crippen molar-refractivity contribution in [2.24, 2.45) is 11.7 Å². The molecule has 0 saturated carbocycles. The first-order chi connectivity index (χ1) is 6.63. The van der Waals surface area contributed by atoms with Gasteiger partial charge in [0.15, 0.2) is 5.22 Å². The topological polar surface area (TPSA) is 51.2 Å². The summed E-state index contributed by atoms with van der Waals surface area (Å²) in [5, 5.41) is 3.75. The van der Waals surface area contributed by atoms with E-state index < -0.39 is 0 Å². The maximum atomic E-state index is 5.65. The summed E-state index contributed by atoms with van der Waals surface area (Å²) in [6.07, 6.45) is 0. The van der Waals surface area contributed by atoms with Crippen molar-refractivity contribution in [1.82, 2.24) is 5.32 Å². The van der Waals surface area contributed by atoms with Crippen molar-refractivity contribution >= 4 is 11.6 Å². The molecule has 0 aliphatic rings. The highest BCUT2D eigenvalue weighted by Gasteiger charge is 2.10. The van der Waals surface area contributed by atoms with E-state index in [1.807, 2.05) is 6.07 Å². The number of rotatable bonds is 5. The van der Waals surface area contributed by atoms with E-state index in [4.69, 9.17) is 21.8 Å². The average molecular weight is 217 g/mol. The molecule has 3 N–H and O–H groups in total. The summed E-state index contributed by atoms with van der Waals surface area (Å²) in [6.45, 7) is 5.58. The van der Waals surface area contributed by atoms with E-state index in [2.05, 4.69) is 19.2 Å². The van der Waals surface area contributed by atoms with Gasteiger partial charge in [0.25, 0.3) is 0 Å².